The van der Waals surface area contributed by atoms with E-state index in [-0.39, 0.29) is 11.4 Å². The Morgan fingerprint density at radius 3 is 2.80 bits per heavy atom. The minimum atomic E-state index is -0.638. The van der Waals surface area contributed by atoms with Gasteiger partial charge in [0.05, 0.1) is 16.7 Å². The Bertz CT molecular complexity index is 382. The number of hydrogen-bond donors (Lipinski definition) is 2. The van der Waals surface area contributed by atoms with E-state index in [0.29, 0.717) is 18.7 Å². The largest absolute Gasteiger partial charge is 0.381 e. The van der Waals surface area contributed by atoms with Gasteiger partial charge in [0.25, 0.3) is 5.69 Å². The summed E-state index contributed by atoms with van der Waals surface area (Å²) >= 11 is 0. The summed E-state index contributed by atoms with van der Waals surface area (Å²) in [5.41, 5.74) is 5.69. The van der Waals surface area contributed by atoms with Crippen molar-refractivity contribution >= 4 is 11.4 Å². The molecular weight excluding hydrogens is 201 g/mol. The summed E-state index contributed by atoms with van der Waals surface area (Å²) in [5, 5.41) is 13.2. The molecule has 0 aliphatic rings. The van der Waals surface area contributed by atoms with Crippen molar-refractivity contribution in [3.05, 3.63) is 33.6 Å². The molecule has 15 heavy (non-hydrogen) atoms. The van der Waals surface area contributed by atoms with Crippen molar-refractivity contribution in [1.29, 1.82) is 0 Å². The van der Waals surface area contributed by atoms with Crippen LogP contribution in [0.25, 0.3) is 0 Å². The summed E-state index contributed by atoms with van der Waals surface area (Å²) in [7, 11) is 0. The molecule has 5 nitrogen and oxygen atoms in total. The van der Waals surface area contributed by atoms with Gasteiger partial charge >= 0.3 is 0 Å². The minimum Gasteiger partial charge on any atom is -0.381 e. The normalized spacial score (nSPS) is 10.1. The third-order valence-corrected chi connectivity index (χ3v) is 1.94. The van der Waals surface area contributed by atoms with Crippen LogP contribution in [0.15, 0.2) is 12.1 Å². The number of rotatable bonds is 4. The molecule has 0 aliphatic heterocycles. The van der Waals surface area contributed by atoms with E-state index in [4.69, 9.17) is 5.73 Å². The lowest BCUT2D eigenvalue weighted by molar-refractivity contribution is -0.385. The van der Waals surface area contributed by atoms with Crippen LogP contribution in [-0.4, -0.2) is 18.0 Å². The maximum absolute atomic E-state index is 13.3. The molecule has 3 N–H and O–H groups in total. The molecule has 0 unspecified atom stereocenters. The average molecular weight is 213 g/mol. The molecule has 0 aromatic heterocycles. The van der Waals surface area contributed by atoms with Crippen LogP contribution in [0, 0.1) is 22.9 Å². The molecule has 82 valence electrons. The molecule has 1 rings (SSSR count). The Morgan fingerprint density at radius 2 is 2.27 bits per heavy atom. The van der Waals surface area contributed by atoms with Gasteiger partial charge in [0.2, 0.25) is 0 Å². The first-order valence-corrected chi connectivity index (χ1v) is 4.44. The summed E-state index contributed by atoms with van der Waals surface area (Å²) in [6.45, 7) is 2.36. The van der Waals surface area contributed by atoms with Crippen molar-refractivity contribution in [3.8, 4) is 0 Å². The van der Waals surface area contributed by atoms with Gasteiger partial charge in [-0.25, -0.2) is 4.39 Å². The molecule has 1 aromatic carbocycles. The van der Waals surface area contributed by atoms with Crippen molar-refractivity contribution < 1.29 is 9.31 Å². The first kappa shape index (κ1) is 11.4. The quantitative estimate of drug-likeness (QED) is 0.585. The zero-order valence-electron chi connectivity index (χ0n) is 8.29. The second kappa shape index (κ2) is 4.70. The molecule has 0 radical (unpaired) electrons. The van der Waals surface area contributed by atoms with Crippen LogP contribution in [-0.2, 0) is 0 Å². The first-order chi connectivity index (χ1) is 7.06. The van der Waals surface area contributed by atoms with E-state index in [1.807, 2.05) is 0 Å². The van der Waals surface area contributed by atoms with Gasteiger partial charge in [0.1, 0.15) is 0 Å². The number of nitrogens with one attached hydrogen (secondary N) is 1. The lowest BCUT2D eigenvalue weighted by atomic mass is 10.1. The highest BCUT2D eigenvalue weighted by atomic mass is 19.1. The summed E-state index contributed by atoms with van der Waals surface area (Å²) < 4.78 is 13.3. The van der Waals surface area contributed by atoms with E-state index < -0.39 is 10.7 Å². The maximum atomic E-state index is 13.3. The highest BCUT2D eigenvalue weighted by Gasteiger charge is 2.14. The van der Waals surface area contributed by atoms with E-state index in [1.54, 1.807) is 6.92 Å². The van der Waals surface area contributed by atoms with E-state index in [1.165, 1.54) is 6.07 Å². The third kappa shape index (κ3) is 2.63. The number of benzene rings is 1. The number of hydrogen-bond acceptors (Lipinski definition) is 4. The van der Waals surface area contributed by atoms with Gasteiger partial charge in [-0.15, -0.1) is 0 Å². The summed E-state index contributed by atoms with van der Waals surface area (Å²) in [6.07, 6.45) is 0. The lowest BCUT2D eigenvalue weighted by Gasteiger charge is -2.07. The number of nitro benzene ring substituents is 1. The summed E-state index contributed by atoms with van der Waals surface area (Å²) in [5.74, 6) is -0.638. The number of nitrogens with two attached hydrogens (primary N) is 1. The lowest BCUT2D eigenvalue weighted by Crippen LogP contribution is -2.14. The Labute approximate surface area is 86.2 Å². The summed E-state index contributed by atoms with van der Waals surface area (Å²) in [4.78, 5) is 9.89. The molecule has 0 aliphatic carbocycles. The average Bonchev–Trinajstić information content (AvgIpc) is 2.18. The van der Waals surface area contributed by atoms with Gasteiger partial charge in [-0.2, -0.15) is 0 Å². The van der Waals surface area contributed by atoms with Crippen LogP contribution in [0.4, 0.5) is 15.8 Å². The van der Waals surface area contributed by atoms with Crippen LogP contribution in [0.1, 0.15) is 5.56 Å². The zero-order chi connectivity index (χ0) is 11.4. The molecule has 0 fully saturated rings. The summed E-state index contributed by atoms with van der Waals surface area (Å²) in [6, 6.07) is 2.32. The highest BCUT2D eigenvalue weighted by Crippen LogP contribution is 2.24. The number of anilines is 1. The standard InChI is InChI=1S/C9H12FN3O2/c1-6-4-8(12-3-2-11)7(10)5-9(6)13(14)15/h4-5,12H,2-3,11H2,1H3. The van der Waals surface area contributed by atoms with Crippen molar-refractivity contribution in [1.82, 2.24) is 0 Å². The molecule has 0 saturated carbocycles. The van der Waals surface area contributed by atoms with Gasteiger partial charge in [0.15, 0.2) is 5.82 Å². The number of nitrogens with zero attached hydrogens (tertiary/aromatic N) is 1. The molecular formula is C9H12FN3O2. The second-order valence-electron chi connectivity index (χ2n) is 3.09. The van der Waals surface area contributed by atoms with Crippen LogP contribution in [0.5, 0.6) is 0 Å². The topological polar surface area (TPSA) is 81.2 Å². The van der Waals surface area contributed by atoms with E-state index in [2.05, 4.69) is 5.32 Å². The molecule has 0 saturated heterocycles. The zero-order valence-corrected chi connectivity index (χ0v) is 8.29. The predicted molar refractivity (Wildman–Crippen MR) is 55.3 cm³/mol. The maximum Gasteiger partial charge on any atom is 0.275 e. The second-order valence-corrected chi connectivity index (χ2v) is 3.09. The fourth-order valence-electron chi connectivity index (χ4n) is 1.21. The van der Waals surface area contributed by atoms with Crippen LogP contribution in [0.3, 0.4) is 0 Å². The number of halogens is 1. The Morgan fingerprint density at radius 1 is 1.60 bits per heavy atom. The monoisotopic (exact) mass is 213 g/mol. The van der Waals surface area contributed by atoms with Crippen molar-refractivity contribution in [2.45, 2.75) is 6.92 Å². The fourth-order valence-corrected chi connectivity index (χ4v) is 1.21. The van der Waals surface area contributed by atoms with Gasteiger partial charge in [-0.3, -0.25) is 10.1 Å². The molecule has 0 bridgehead atoms. The minimum absolute atomic E-state index is 0.217. The molecule has 1 aromatic rings. The van der Waals surface area contributed by atoms with Gasteiger partial charge < -0.3 is 11.1 Å². The van der Waals surface area contributed by atoms with E-state index in [0.717, 1.165) is 6.07 Å². The van der Waals surface area contributed by atoms with Crippen LogP contribution >= 0.6 is 0 Å². The van der Waals surface area contributed by atoms with Gasteiger partial charge in [0, 0.05) is 18.7 Å². The number of aryl methyl sites for hydroxylation is 1. The van der Waals surface area contributed by atoms with Crippen LogP contribution in [0.2, 0.25) is 0 Å². The molecule has 0 atom stereocenters. The Balaban J connectivity index is 3.02. The number of nitro groups is 1. The molecule has 6 heteroatoms. The Hall–Kier alpha value is -1.69. The van der Waals surface area contributed by atoms with Crippen molar-refractivity contribution in [2.24, 2.45) is 5.73 Å². The predicted octanol–water partition coefficient (Wildman–Crippen LogP) is 1.41. The molecule has 0 amide bonds. The smallest absolute Gasteiger partial charge is 0.275 e. The molecule has 0 heterocycles. The van der Waals surface area contributed by atoms with Crippen molar-refractivity contribution in [3.63, 3.8) is 0 Å². The first-order valence-electron chi connectivity index (χ1n) is 4.44. The van der Waals surface area contributed by atoms with Crippen LogP contribution < -0.4 is 11.1 Å². The molecule has 0 spiro atoms. The SMILES string of the molecule is Cc1cc(NCCN)c(F)cc1[N+](=O)[O-]. The third-order valence-electron chi connectivity index (χ3n) is 1.94. The van der Waals surface area contributed by atoms with E-state index >= 15 is 0 Å². The van der Waals surface area contributed by atoms with Crippen molar-refractivity contribution in [2.75, 3.05) is 18.4 Å². The van der Waals surface area contributed by atoms with Gasteiger partial charge in [-0.05, 0) is 13.0 Å². The van der Waals surface area contributed by atoms with E-state index in [9.17, 15) is 14.5 Å². The van der Waals surface area contributed by atoms with Gasteiger partial charge in [-0.1, -0.05) is 0 Å². The highest BCUT2D eigenvalue weighted by molar-refractivity contribution is 5.54. The Kier molecular flexibility index (Phi) is 3.56. The fraction of sp³-hybridized carbons (Fsp3) is 0.333.